The van der Waals surface area contributed by atoms with Gasteiger partial charge in [0, 0.05) is 6.42 Å². The highest BCUT2D eigenvalue weighted by Crippen LogP contribution is 2.15. The van der Waals surface area contributed by atoms with Gasteiger partial charge in [-0.2, -0.15) is 0 Å². The van der Waals surface area contributed by atoms with Crippen molar-refractivity contribution in [1.29, 1.82) is 0 Å². The van der Waals surface area contributed by atoms with E-state index in [0.717, 1.165) is 6.54 Å². The Balaban J connectivity index is 1.51. The average Bonchev–Trinajstić information content (AvgIpc) is 3.27. The van der Waals surface area contributed by atoms with Crippen LogP contribution >= 0.6 is 0 Å². The van der Waals surface area contributed by atoms with E-state index in [4.69, 9.17) is 0 Å². The van der Waals surface area contributed by atoms with Crippen LogP contribution in [0.25, 0.3) is 0 Å². The van der Waals surface area contributed by atoms with Crippen LogP contribution in [0.15, 0.2) is 42.7 Å². The fraction of sp³-hybridized carbons (Fsp3) is 0.735. The van der Waals surface area contributed by atoms with E-state index in [2.05, 4.69) is 65.7 Å². The Morgan fingerprint density at radius 3 is 1.56 bits per heavy atom. The molecule has 0 fully saturated rings. The number of aromatic nitrogens is 2. The normalized spacial score (nSPS) is 11.4. The summed E-state index contributed by atoms with van der Waals surface area (Å²) in [6.45, 7) is 6.78. The van der Waals surface area contributed by atoms with Crippen molar-refractivity contribution in [3.63, 3.8) is 0 Å². The zero-order valence-electron chi connectivity index (χ0n) is 24.2. The van der Waals surface area contributed by atoms with Crippen LogP contribution in [0.4, 0.5) is 0 Å². The molecule has 0 spiro atoms. The molecule has 0 radical (unpaired) electrons. The molecule has 0 saturated heterocycles. The fourth-order valence-electron chi connectivity index (χ4n) is 5.45. The molecule has 2 aromatic rings. The van der Waals surface area contributed by atoms with Gasteiger partial charge in [0.2, 0.25) is 0 Å². The maximum Gasteiger partial charge on any atom is 0.256 e. The minimum atomic E-state index is 0.994. The third kappa shape index (κ3) is 14.2. The van der Waals surface area contributed by atoms with E-state index in [0.29, 0.717) is 0 Å². The van der Waals surface area contributed by atoms with Gasteiger partial charge in [0.05, 0.1) is 6.54 Å². The molecule has 36 heavy (non-hydrogen) atoms. The molecule has 0 bridgehead atoms. The lowest BCUT2D eigenvalue weighted by molar-refractivity contribution is -0.695. The third-order valence-corrected chi connectivity index (χ3v) is 7.79. The van der Waals surface area contributed by atoms with Gasteiger partial charge in [-0.3, -0.25) is 0 Å². The van der Waals surface area contributed by atoms with Gasteiger partial charge >= 0.3 is 0 Å². The molecule has 0 aliphatic heterocycles. The van der Waals surface area contributed by atoms with Gasteiger partial charge in [-0.25, -0.2) is 9.13 Å². The predicted octanol–water partition coefficient (Wildman–Crippen LogP) is 10.2. The Bertz CT molecular complexity index is 733. The molecule has 1 heterocycles. The molecule has 0 aliphatic rings. The molecule has 0 saturated carbocycles. The monoisotopic (exact) mass is 495 g/mol. The van der Waals surface area contributed by atoms with E-state index in [1.54, 1.807) is 0 Å². The second kappa shape index (κ2) is 21.5. The Morgan fingerprint density at radius 2 is 1.03 bits per heavy atom. The summed E-state index contributed by atoms with van der Waals surface area (Å²) in [5.74, 6) is 1.52. The lowest BCUT2D eigenvalue weighted by atomic mass is 10.0. The second-order valence-corrected chi connectivity index (χ2v) is 11.1. The summed E-state index contributed by atoms with van der Waals surface area (Å²) in [4.78, 5) is 0. The maximum atomic E-state index is 2.55. The van der Waals surface area contributed by atoms with Crippen LogP contribution in [-0.4, -0.2) is 4.57 Å². The van der Waals surface area contributed by atoms with Gasteiger partial charge in [-0.1, -0.05) is 153 Å². The summed E-state index contributed by atoms with van der Waals surface area (Å²) in [7, 11) is 0. The first kappa shape index (κ1) is 30.7. The van der Waals surface area contributed by atoms with Crippen molar-refractivity contribution in [3.8, 4) is 0 Å². The first-order chi connectivity index (χ1) is 17.8. The Hall–Kier alpha value is -1.57. The molecule has 0 N–H and O–H groups in total. The fourth-order valence-corrected chi connectivity index (χ4v) is 5.45. The average molecular weight is 496 g/mol. The van der Waals surface area contributed by atoms with Crippen LogP contribution < -0.4 is 4.57 Å². The van der Waals surface area contributed by atoms with Crippen LogP contribution in [0.3, 0.4) is 0 Å². The first-order valence-electron chi connectivity index (χ1n) is 16.0. The lowest BCUT2D eigenvalue weighted by Gasteiger charge is -2.06. The van der Waals surface area contributed by atoms with Gasteiger partial charge in [0.15, 0.2) is 0 Å². The van der Waals surface area contributed by atoms with E-state index in [1.165, 1.54) is 153 Å². The summed E-state index contributed by atoms with van der Waals surface area (Å²) in [6, 6.07) is 10.9. The summed E-state index contributed by atoms with van der Waals surface area (Å²) >= 11 is 0. The maximum absolute atomic E-state index is 2.55. The van der Waals surface area contributed by atoms with Crippen molar-refractivity contribution in [3.05, 3.63) is 54.1 Å². The molecule has 204 valence electrons. The van der Waals surface area contributed by atoms with E-state index >= 15 is 0 Å². The van der Waals surface area contributed by atoms with Crippen LogP contribution in [0.1, 0.15) is 154 Å². The van der Waals surface area contributed by atoms with E-state index in [1.807, 2.05) is 0 Å². The van der Waals surface area contributed by atoms with Crippen LogP contribution in [0.5, 0.6) is 0 Å². The van der Waals surface area contributed by atoms with Crippen molar-refractivity contribution >= 4 is 0 Å². The minimum Gasteiger partial charge on any atom is -0.234 e. The minimum absolute atomic E-state index is 0.994. The molecule has 2 rings (SSSR count). The Kier molecular flexibility index (Phi) is 18.3. The summed E-state index contributed by atoms with van der Waals surface area (Å²) in [5, 5.41) is 0. The summed E-state index contributed by atoms with van der Waals surface area (Å²) < 4.78 is 5.03. The number of hydrogen-bond donors (Lipinski definition) is 0. The molecule has 0 unspecified atom stereocenters. The van der Waals surface area contributed by atoms with E-state index in [9.17, 15) is 0 Å². The third-order valence-electron chi connectivity index (χ3n) is 7.79. The highest BCUT2D eigenvalue weighted by Gasteiger charge is 2.16. The summed E-state index contributed by atoms with van der Waals surface area (Å²) in [5.41, 5.74) is 1.40. The standard InChI is InChI=1S/C34H59N2/c1-3-5-7-8-9-10-11-12-13-14-15-16-17-18-19-20-25-29-35-30-31-36(34(35)28-22-6-4-2)32-33-26-23-21-24-27-33/h21,23-24,26-27,30-31H,3-20,22,25,28-29,32H2,1-2H3/q+1. The number of rotatable bonds is 24. The SMILES string of the molecule is CCCCCCCCCCCCCCCCCCCn1cc[n+](Cc2ccccc2)c1CCCCC. The predicted molar refractivity (Wildman–Crippen MR) is 158 cm³/mol. The van der Waals surface area contributed by atoms with Crippen molar-refractivity contribution < 1.29 is 4.57 Å². The molecule has 2 nitrogen and oxygen atoms in total. The van der Waals surface area contributed by atoms with Crippen molar-refractivity contribution in [1.82, 2.24) is 4.57 Å². The number of imidazole rings is 1. The Labute approximate surface area is 224 Å². The van der Waals surface area contributed by atoms with Crippen LogP contribution in [0.2, 0.25) is 0 Å². The molecular formula is C34H59N2+. The van der Waals surface area contributed by atoms with E-state index < -0.39 is 0 Å². The van der Waals surface area contributed by atoms with Crippen molar-refractivity contribution in [2.45, 2.75) is 162 Å². The van der Waals surface area contributed by atoms with Gasteiger partial charge < -0.3 is 0 Å². The molecule has 0 amide bonds. The van der Waals surface area contributed by atoms with Gasteiger partial charge in [0.25, 0.3) is 5.82 Å². The number of benzene rings is 1. The van der Waals surface area contributed by atoms with Crippen LogP contribution in [-0.2, 0) is 19.5 Å². The Morgan fingerprint density at radius 1 is 0.556 bits per heavy atom. The lowest BCUT2D eigenvalue weighted by Crippen LogP contribution is -2.37. The topological polar surface area (TPSA) is 8.81 Å². The number of unbranched alkanes of at least 4 members (excludes halogenated alkanes) is 18. The molecule has 0 atom stereocenters. The van der Waals surface area contributed by atoms with Gasteiger partial charge in [-0.15, -0.1) is 0 Å². The molecule has 1 aromatic carbocycles. The molecule has 2 heteroatoms. The zero-order chi connectivity index (χ0) is 25.5. The smallest absolute Gasteiger partial charge is 0.234 e. The zero-order valence-corrected chi connectivity index (χ0v) is 24.2. The molecule has 0 aliphatic carbocycles. The largest absolute Gasteiger partial charge is 0.256 e. The first-order valence-corrected chi connectivity index (χ1v) is 16.0. The highest BCUT2D eigenvalue weighted by atomic mass is 15.1. The number of hydrogen-bond acceptors (Lipinski definition) is 0. The van der Waals surface area contributed by atoms with Crippen molar-refractivity contribution in [2.75, 3.05) is 0 Å². The highest BCUT2D eigenvalue weighted by molar-refractivity contribution is 5.13. The number of nitrogens with zero attached hydrogens (tertiary/aromatic N) is 2. The second-order valence-electron chi connectivity index (χ2n) is 11.1. The summed E-state index contributed by atoms with van der Waals surface area (Å²) in [6.07, 6.45) is 34.2. The molecular weight excluding hydrogens is 436 g/mol. The van der Waals surface area contributed by atoms with E-state index in [-0.39, 0.29) is 0 Å². The number of aryl methyl sites for hydroxylation is 1. The quantitative estimate of drug-likeness (QED) is 0.101. The van der Waals surface area contributed by atoms with Gasteiger partial charge in [0.1, 0.15) is 18.9 Å². The van der Waals surface area contributed by atoms with Gasteiger partial charge in [-0.05, 0) is 24.8 Å². The van der Waals surface area contributed by atoms with Crippen molar-refractivity contribution in [2.24, 2.45) is 0 Å². The molecule has 1 aromatic heterocycles. The van der Waals surface area contributed by atoms with Crippen LogP contribution in [0, 0.1) is 0 Å².